The normalized spacial score (nSPS) is 11.5. The van der Waals surface area contributed by atoms with Crippen LogP contribution in [-0.2, 0) is 9.84 Å². The standard InChI is InChI=1S/C18H18ClN3O2S/c1-4-22(3)12-21-16-10-14(11-20)18(9-13(16)2)25(23,24)17-8-6-5-7-15(17)19/h5-10,12H,4H2,1-3H3. The first-order valence-electron chi connectivity index (χ1n) is 7.60. The van der Waals surface area contributed by atoms with Crippen molar-refractivity contribution in [2.24, 2.45) is 4.99 Å². The molecular formula is C18H18ClN3O2S. The van der Waals surface area contributed by atoms with E-state index in [4.69, 9.17) is 11.6 Å². The number of nitrogens with zero attached hydrogens (tertiary/aromatic N) is 3. The zero-order valence-electron chi connectivity index (χ0n) is 14.2. The van der Waals surface area contributed by atoms with Crippen LogP contribution in [0.2, 0.25) is 5.02 Å². The molecule has 0 aliphatic rings. The molecular weight excluding hydrogens is 358 g/mol. The van der Waals surface area contributed by atoms with E-state index in [1.165, 1.54) is 24.3 Å². The Bertz CT molecular complexity index is 963. The Morgan fingerprint density at radius 1 is 1.28 bits per heavy atom. The minimum Gasteiger partial charge on any atom is -0.366 e. The van der Waals surface area contributed by atoms with E-state index in [-0.39, 0.29) is 20.4 Å². The minimum atomic E-state index is -3.90. The molecule has 0 heterocycles. The summed E-state index contributed by atoms with van der Waals surface area (Å²) in [6, 6.07) is 11.1. The molecule has 0 N–H and O–H groups in total. The average Bonchev–Trinajstić information content (AvgIpc) is 2.60. The number of rotatable bonds is 5. The van der Waals surface area contributed by atoms with E-state index in [2.05, 4.69) is 4.99 Å². The molecule has 2 rings (SSSR count). The molecule has 0 radical (unpaired) electrons. The molecule has 0 spiro atoms. The number of nitriles is 1. The number of hydrogen-bond acceptors (Lipinski definition) is 4. The van der Waals surface area contributed by atoms with Gasteiger partial charge >= 0.3 is 0 Å². The van der Waals surface area contributed by atoms with Crippen molar-refractivity contribution in [2.45, 2.75) is 23.6 Å². The molecule has 0 aromatic heterocycles. The van der Waals surface area contributed by atoms with Gasteiger partial charge in [-0.25, -0.2) is 13.4 Å². The molecule has 0 aliphatic carbocycles. The highest BCUT2D eigenvalue weighted by Gasteiger charge is 2.25. The van der Waals surface area contributed by atoms with Crippen molar-refractivity contribution in [1.82, 2.24) is 4.90 Å². The van der Waals surface area contributed by atoms with Gasteiger partial charge in [0.1, 0.15) is 6.07 Å². The molecule has 0 bridgehead atoms. The Morgan fingerprint density at radius 3 is 2.56 bits per heavy atom. The Morgan fingerprint density at radius 2 is 1.96 bits per heavy atom. The lowest BCUT2D eigenvalue weighted by Gasteiger charge is -2.12. The number of halogens is 1. The summed E-state index contributed by atoms with van der Waals surface area (Å²) in [7, 11) is -2.03. The van der Waals surface area contributed by atoms with Crippen LogP contribution in [0.25, 0.3) is 0 Å². The van der Waals surface area contributed by atoms with Crippen molar-refractivity contribution in [3.63, 3.8) is 0 Å². The van der Waals surface area contributed by atoms with Gasteiger partial charge in [0.25, 0.3) is 0 Å². The second-order valence-electron chi connectivity index (χ2n) is 5.50. The molecule has 0 amide bonds. The largest absolute Gasteiger partial charge is 0.366 e. The number of aliphatic imine (C=N–C) groups is 1. The van der Waals surface area contributed by atoms with Gasteiger partial charge in [-0.2, -0.15) is 5.26 Å². The van der Waals surface area contributed by atoms with Crippen molar-refractivity contribution >= 4 is 33.5 Å². The molecule has 2 aromatic rings. The van der Waals surface area contributed by atoms with E-state index in [1.54, 1.807) is 25.4 Å². The van der Waals surface area contributed by atoms with Crippen molar-refractivity contribution in [1.29, 1.82) is 5.26 Å². The lowest BCUT2D eigenvalue weighted by Crippen LogP contribution is -2.14. The molecule has 2 aromatic carbocycles. The van der Waals surface area contributed by atoms with Crippen LogP contribution in [0.4, 0.5) is 5.69 Å². The smallest absolute Gasteiger partial charge is 0.209 e. The molecule has 7 heteroatoms. The second-order valence-corrected chi connectivity index (χ2v) is 7.79. The fraction of sp³-hybridized carbons (Fsp3) is 0.222. The third-order valence-corrected chi connectivity index (χ3v) is 6.02. The van der Waals surface area contributed by atoms with Gasteiger partial charge in [-0.05, 0) is 43.7 Å². The Labute approximate surface area is 153 Å². The number of hydrogen-bond donors (Lipinski definition) is 0. The highest BCUT2D eigenvalue weighted by molar-refractivity contribution is 7.91. The zero-order valence-corrected chi connectivity index (χ0v) is 15.8. The van der Waals surface area contributed by atoms with E-state index in [0.29, 0.717) is 11.3 Å². The molecule has 25 heavy (non-hydrogen) atoms. The quantitative estimate of drug-likeness (QED) is 0.585. The number of sulfone groups is 1. The molecule has 0 unspecified atom stereocenters. The first kappa shape index (κ1) is 19.0. The molecule has 130 valence electrons. The van der Waals surface area contributed by atoms with Crippen LogP contribution in [0.15, 0.2) is 51.2 Å². The fourth-order valence-electron chi connectivity index (χ4n) is 2.14. The maximum absolute atomic E-state index is 12.9. The minimum absolute atomic E-state index is 0.0189. The predicted octanol–water partition coefficient (Wildman–Crippen LogP) is 3.96. The predicted molar refractivity (Wildman–Crippen MR) is 99.3 cm³/mol. The highest BCUT2D eigenvalue weighted by Crippen LogP contribution is 2.32. The second kappa shape index (κ2) is 7.68. The fourth-order valence-corrected chi connectivity index (χ4v) is 4.13. The third-order valence-electron chi connectivity index (χ3n) is 3.73. The van der Waals surface area contributed by atoms with E-state index in [1.807, 2.05) is 24.9 Å². The molecule has 0 saturated heterocycles. The van der Waals surface area contributed by atoms with E-state index >= 15 is 0 Å². The summed E-state index contributed by atoms with van der Waals surface area (Å²) in [4.78, 5) is 6.12. The molecule has 0 saturated carbocycles. The molecule has 0 atom stereocenters. The lowest BCUT2D eigenvalue weighted by molar-refractivity contribution is 0.552. The third kappa shape index (κ3) is 4.01. The number of aryl methyl sites for hydroxylation is 1. The Kier molecular flexibility index (Phi) is 5.83. The van der Waals surface area contributed by atoms with Crippen LogP contribution in [0.1, 0.15) is 18.1 Å². The summed E-state index contributed by atoms with van der Waals surface area (Å²) in [5.41, 5.74) is 1.25. The van der Waals surface area contributed by atoms with Crippen molar-refractivity contribution in [3.8, 4) is 6.07 Å². The highest BCUT2D eigenvalue weighted by atomic mass is 35.5. The summed E-state index contributed by atoms with van der Waals surface area (Å²) in [5.74, 6) is 0. The number of benzene rings is 2. The first-order valence-corrected chi connectivity index (χ1v) is 9.46. The van der Waals surface area contributed by atoms with Gasteiger partial charge in [0.15, 0.2) is 0 Å². The first-order chi connectivity index (χ1) is 11.8. The van der Waals surface area contributed by atoms with Crippen LogP contribution in [0.5, 0.6) is 0 Å². The average molecular weight is 376 g/mol. The van der Waals surface area contributed by atoms with Gasteiger partial charge < -0.3 is 4.90 Å². The van der Waals surface area contributed by atoms with Gasteiger partial charge in [-0.15, -0.1) is 0 Å². The zero-order chi connectivity index (χ0) is 18.6. The Hall–Kier alpha value is -2.36. The molecule has 0 aliphatic heterocycles. The SMILES string of the molecule is CCN(C)C=Nc1cc(C#N)c(S(=O)(=O)c2ccccc2Cl)cc1C. The van der Waals surface area contributed by atoms with E-state index < -0.39 is 9.84 Å². The van der Waals surface area contributed by atoms with Crippen molar-refractivity contribution < 1.29 is 8.42 Å². The van der Waals surface area contributed by atoms with Gasteiger partial charge in [-0.3, -0.25) is 0 Å². The van der Waals surface area contributed by atoms with Crippen LogP contribution in [-0.4, -0.2) is 33.2 Å². The maximum atomic E-state index is 12.9. The van der Waals surface area contributed by atoms with Crippen LogP contribution >= 0.6 is 11.6 Å². The van der Waals surface area contributed by atoms with E-state index in [0.717, 1.165) is 6.54 Å². The molecule has 0 fully saturated rings. The summed E-state index contributed by atoms with van der Waals surface area (Å²) >= 11 is 6.03. The van der Waals surface area contributed by atoms with Crippen LogP contribution in [0, 0.1) is 18.3 Å². The summed E-state index contributed by atoms with van der Waals surface area (Å²) < 4.78 is 25.9. The van der Waals surface area contributed by atoms with Crippen molar-refractivity contribution in [3.05, 3.63) is 52.5 Å². The van der Waals surface area contributed by atoms with Crippen LogP contribution in [0.3, 0.4) is 0 Å². The van der Waals surface area contributed by atoms with E-state index in [9.17, 15) is 13.7 Å². The van der Waals surface area contributed by atoms with Crippen molar-refractivity contribution in [2.75, 3.05) is 13.6 Å². The van der Waals surface area contributed by atoms with Gasteiger partial charge in [0, 0.05) is 13.6 Å². The maximum Gasteiger partial charge on any atom is 0.209 e. The summed E-state index contributed by atoms with van der Waals surface area (Å²) in [6.45, 7) is 4.52. The van der Waals surface area contributed by atoms with Crippen LogP contribution < -0.4 is 0 Å². The topological polar surface area (TPSA) is 73.5 Å². The molecule has 5 nitrogen and oxygen atoms in total. The van der Waals surface area contributed by atoms with Gasteiger partial charge in [0.2, 0.25) is 9.84 Å². The summed E-state index contributed by atoms with van der Waals surface area (Å²) in [5, 5.41) is 9.55. The van der Waals surface area contributed by atoms with Gasteiger partial charge in [-0.1, -0.05) is 23.7 Å². The van der Waals surface area contributed by atoms with Gasteiger partial charge in [0.05, 0.1) is 32.4 Å². The lowest BCUT2D eigenvalue weighted by atomic mass is 10.1. The summed E-state index contributed by atoms with van der Waals surface area (Å²) in [6.07, 6.45) is 1.64. The monoisotopic (exact) mass is 375 g/mol. The Balaban J connectivity index is 2.61.